The largest absolute Gasteiger partial charge is 0.523 e. The minimum Gasteiger partial charge on any atom is -0.414 e. The van der Waals surface area contributed by atoms with Crippen molar-refractivity contribution in [3.8, 4) is 0 Å². The Morgan fingerprint density at radius 1 is 1.10 bits per heavy atom. The lowest BCUT2D eigenvalue weighted by Crippen LogP contribution is -2.45. The monoisotopic (exact) mass is 358 g/mol. The lowest BCUT2D eigenvalue weighted by molar-refractivity contribution is -0.0714. The average molecular weight is 358 g/mol. The van der Waals surface area contributed by atoms with Gasteiger partial charge in [-0.3, -0.25) is 4.18 Å². The zero-order valence-electron chi connectivity index (χ0n) is 12.3. The summed E-state index contributed by atoms with van der Waals surface area (Å²) < 4.78 is 92.1. The van der Waals surface area contributed by atoms with E-state index in [1.165, 1.54) is 0 Å². The molecule has 0 bridgehead atoms. The Morgan fingerprint density at radius 2 is 1.52 bits per heavy atom. The standard InChI is InChI=1S/C10H19F5O4SSi/c1-9(2,3)21(4,5)18-6-7(8(11)12)19-20(16,17)10(13,14)15/h7-8H,6H2,1-5H3/t7-/m1/s1. The van der Waals surface area contributed by atoms with E-state index in [-0.39, 0.29) is 5.04 Å². The summed E-state index contributed by atoms with van der Waals surface area (Å²) in [5.41, 5.74) is -5.75. The third-order valence-electron chi connectivity index (χ3n) is 3.23. The first-order valence-corrected chi connectivity index (χ1v) is 10.2. The fourth-order valence-electron chi connectivity index (χ4n) is 0.867. The van der Waals surface area contributed by atoms with Gasteiger partial charge in [0, 0.05) is 0 Å². The van der Waals surface area contributed by atoms with E-state index < -0.39 is 43.1 Å². The number of halogens is 5. The van der Waals surface area contributed by atoms with Gasteiger partial charge >= 0.3 is 15.6 Å². The van der Waals surface area contributed by atoms with Crippen molar-refractivity contribution in [2.24, 2.45) is 0 Å². The van der Waals surface area contributed by atoms with Crippen LogP contribution in [0.3, 0.4) is 0 Å². The van der Waals surface area contributed by atoms with Crippen molar-refractivity contribution in [1.82, 2.24) is 0 Å². The lowest BCUT2D eigenvalue weighted by atomic mass is 10.2. The number of rotatable bonds is 6. The van der Waals surface area contributed by atoms with Gasteiger partial charge in [0.25, 0.3) is 6.43 Å². The Hall–Kier alpha value is -0.263. The molecular formula is C10H19F5O4SSi. The highest BCUT2D eigenvalue weighted by Crippen LogP contribution is 2.37. The van der Waals surface area contributed by atoms with E-state index in [0.717, 1.165) is 0 Å². The SMILES string of the molecule is CC(C)(C)[Si](C)(C)OC[C@@H](OS(=O)(=O)C(F)(F)F)C(F)F. The molecule has 0 aliphatic carbocycles. The maximum Gasteiger partial charge on any atom is 0.523 e. The van der Waals surface area contributed by atoms with E-state index in [0.29, 0.717) is 0 Å². The molecule has 128 valence electrons. The Balaban J connectivity index is 4.99. The van der Waals surface area contributed by atoms with Gasteiger partial charge in [-0.1, -0.05) is 20.8 Å². The van der Waals surface area contributed by atoms with Crippen molar-refractivity contribution in [1.29, 1.82) is 0 Å². The highest BCUT2D eigenvalue weighted by molar-refractivity contribution is 7.87. The van der Waals surface area contributed by atoms with Gasteiger partial charge in [0.1, 0.15) is 0 Å². The van der Waals surface area contributed by atoms with Gasteiger partial charge in [0.2, 0.25) is 0 Å². The predicted molar refractivity (Wildman–Crippen MR) is 69.0 cm³/mol. The van der Waals surface area contributed by atoms with E-state index in [4.69, 9.17) is 4.43 Å². The molecule has 0 fully saturated rings. The summed E-state index contributed by atoms with van der Waals surface area (Å²) in [7, 11) is -8.61. The molecule has 4 nitrogen and oxygen atoms in total. The number of hydrogen-bond donors (Lipinski definition) is 0. The highest BCUT2D eigenvalue weighted by Gasteiger charge is 2.50. The Kier molecular flexibility index (Phi) is 6.38. The van der Waals surface area contributed by atoms with Gasteiger partial charge in [-0.15, -0.1) is 0 Å². The predicted octanol–water partition coefficient (Wildman–Crippen LogP) is 3.51. The molecule has 0 unspecified atom stereocenters. The van der Waals surface area contributed by atoms with Gasteiger partial charge in [-0.05, 0) is 18.1 Å². The van der Waals surface area contributed by atoms with Gasteiger partial charge in [0.15, 0.2) is 14.4 Å². The van der Waals surface area contributed by atoms with Crippen LogP contribution in [0.2, 0.25) is 18.1 Å². The zero-order valence-corrected chi connectivity index (χ0v) is 14.1. The minimum absolute atomic E-state index is 0.372. The van der Waals surface area contributed by atoms with Crippen LogP contribution in [0.4, 0.5) is 22.0 Å². The molecule has 0 aromatic rings. The van der Waals surface area contributed by atoms with Crippen LogP contribution in [0, 0.1) is 0 Å². The molecule has 0 radical (unpaired) electrons. The second-order valence-corrected chi connectivity index (χ2v) is 12.3. The van der Waals surface area contributed by atoms with E-state index in [9.17, 15) is 30.4 Å². The molecule has 0 spiro atoms. The molecular weight excluding hydrogens is 339 g/mol. The van der Waals surface area contributed by atoms with Crippen molar-refractivity contribution in [3.05, 3.63) is 0 Å². The molecule has 0 aliphatic rings. The van der Waals surface area contributed by atoms with Gasteiger partial charge in [-0.2, -0.15) is 21.6 Å². The first-order chi connectivity index (χ1) is 9.01. The summed E-state index contributed by atoms with van der Waals surface area (Å²) in [5, 5.41) is -0.372. The molecule has 0 aliphatic heterocycles. The molecule has 21 heavy (non-hydrogen) atoms. The second-order valence-electron chi connectivity index (χ2n) is 5.94. The van der Waals surface area contributed by atoms with Crippen LogP contribution in [0.1, 0.15) is 20.8 Å². The fraction of sp³-hybridized carbons (Fsp3) is 1.00. The summed E-state index contributed by atoms with van der Waals surface area (Å²) in [6, 6.07) is 0. The van der Waals surface area contributed by atoms with Gasteiger partial charge in [0.05, 0.1) is 6.61 Å². The van der Waals surface area contributed by atoms with Crippen LogP contribution in [0.25, 0.3) is 0 Å². The van der Waals surface area contributed by atoms with Crippen LogP contribution in [0.15, 0.2) is 0 Å². The first-order valence-electron chi connectivity index (χ1n) is 5.93. The first kappa shape index (κ1) is 20.7. The van der Waals surface area contributed by atoms with E-state index >= 15 is 0 Å². The molecule has 0 heterocycles. The molecule has 11 heteroatoms. The topological polar surface area (TPSA) is 52.6 Å². The zero-order chi connectivity index (χ0) is 17.3. The van der Waals surface area contributed by atoms with E-state index in [2.05, 4.69) is 4.18 Å². The van der Waals surface area contributed by atoms with Crippen LogP contribution >= 0.6 is 0 Å². The van der Waals surface area contributed by atoms with Crippen LogP contribution in [0.5, 0.6) is 0 Å². The third-order valence-corrected chi connectivity index (χ3v) is 8.80. The van der Waals surface area contributed by atoms with Crippen LogP contribution < -0.4 is 0 Å². The summed E-state index contributed by atoms with van der Waals surface area (Å²) in [6.45, 7) is 7.84. The lowest BCUT2D eigenvalue weighted by Gasteiger charge is -2.37. The van der Waals surface area contributed by atoms with Gasteiger partial charge in [-0.25, -0.2) is 8.78 Å². The van der Waals surface area contributed by atoms with Crippen molar-refractivity contribution >= 4 is 18.4 Å². The number of alkyl halides is 5. The molecule has 0 amide bonds. The molecule has 0 aromatic heterocycles. The quantitative estimate of drug-likeness (QED) is 0.316. The Morgan fingerprint density at radius 3 is 1.81 bits per heavy atom. The molecule has 1 atom stereocenters. The Labute approximate surface area is 121 Å². The van der Waals surface area contributed by atoms with Crippen molar-refractivity contribution in [3.63, 3.8) is 0 Å². The molecule has 0 N–H and O–H groups in total. The van der Waals surface area contributed by atoms with E-state index in [1.54, 1.807) is 33.9 Å². The van der Waals surface area contributed by atoms with Crippen molar-refractivity contribution < 1.29 is 39.0 Å². The molecule has 0 saturated carbocycles. The summed E-state index contributed by atoms with van der Waals surface area (Å²) in [6.07, 6.45) is -5.92. The van der Waals surface area contributed by atoms with Crippen molar-refractivity contribution in [2.75, 3.05) is 6.61 Å². The summed E-state index contributed by atoms with van der Waals surface area (Å²) >= 11 is 0. The molecule has 0 aromatic carbocycles. The van der Waals surface area contributed by atoms with Crippen LogP contribution in [-0.4, -0.2) is 41.4 Å². The fourth-order valence-corrected chi connectivity index (χ4v) is 2.45. The maximum atomic E-state index is 12.7. The summed E-state index contributed by atoms with van der Waals surface area (Å²) in [5.74, 6) is 0. The smallest absolute Gasteiger partial charge is 0.414 e. The molecule has 0 rings (SSSR count). The third kappa shape index (κ3) is 5.79. The summed E-state index contributed by atoms with van der Waals surface area (Å²) in [4.78, 5) is 0. The molecule has 0 saturated heterocycles. The maximum absolute atomic E-state index is 12.7. The minimum atomic E-state index is -6.09. The van der Waals surface area contributed by atoms with Crippen LogP contribution in [-0.2, 0) is 18.7 Å². The highest BCUT2D eigenvalue weighted by atomic mass is 32.2. The second kappa shape index (κ2) is 6.47. The van der Waals surface area contributed by atoms with Gasteiger partial charge < -0.3 is 4.43 Å². The van der Waals surface area contributed by atoms with E-state index in [1.807, 2.05) is 0 Å². The Bertz CT molecular complexity index is 441. The van der Waals surface area contributed by atoms with Crippen molar-refractivity contribution in [2.45, 2.75) is 56.9 Å². The number of hydrogen-bond acceptors (Lipinski definition) is 4. The normalized spacial score (nSPS) is 16.3. The average Bonchev–Trinajstić information content (AvgIpc) is 2.20.